The molecule has 1 amide bonds. The zero-order valence-electron chi connectivity index (χ0n) is 25.8. The summed E-state index contributed by atoms with van der Waals surface area (Å²) < 4.78 is 39.8. The van der Waals surface area contributed by atoms with Gasteiger partial charge in [-0.3, -0.25) is 5.01 Å². The van der Waals surface area contributed by atoms with Gasteiger partial charge in [0.15, 0.2) is 0 Å². The van der Waals surface area contributed by atoms with Crippen molar-refractivity contribution < 1.29 is 18.3 Å². The van der Waals surface area contributed by atoms with Crippen LogP contribution in [0.3, 0.4) is 0 Å². The normalized spacial score (nSPS) is 21.5. The summed E-state index contributed by atoms with van der Waals surface area (Å²) in [7, 11) is 1.83. The Morgan fingerprint density at radius 2 is 1.81 bits per heavy atom. The monoisotopic (exact) mass is 589 g/mol. The van der Waals surface area contributed by atoms with Crippen molar-refractivity contribution >= 4 is 18.0 Å². The van der Waals surface area contributed by atoms with E-state index in [1.165, 1.54) is 0 Å². The number of allylic oxidation sites excluding steroid dienone is 2. The average molecular weight is 590 g/mol. The van der Waals surface area contributed by atoms with Gasteiger partial charge in [0.25, 0.3) is 0 Å². The first-order valence-corrected chi connectivity index (χ1v) is 14.5. The molecule has 11 heteroatoms. The van der Waals surface area contributed by atoms with Gasteiger partial charge in [-0.1, -0.05) is 6.08 Å². The SMILES string of the molecule is Cc1cc(-n2nc3c(c2-c2ncn(C4=C(F)C5C=NN(C)C5C=C4)c2C)[C@H](C)N(C(=O)OC(C)(C)C)CC3)cc(C)c1F. The van der Waals surface area contributed by atoms with Gasteiger partial charge in [-0.05, 0) is 77.8 Å². The van der Waals surface area contributed by atoms with Crippen molar-refractivity contribution in [3.05, 3.63) is 70.3 Å². The maximum Gasteiger partial charge on any atom is 0.410 e. The number of rotatable bonds is 3. The van der Waals surface area contributed by atoms with Crippen molar-refractivity contribution in [3.63, 3.8) is 0 Å². The number of nitrogens with zero attached hydrogens (tertiary/aromatic N) is 7. The van der Waals surface area contributed by atoms with E-state index < -0.39 is 17.6 Å². The highest BCUT2D eigenvalue weighted by atomic mass is 19.1. The van der Waals surface area contributed by atoms with Crippen LogP contribution in [0.1, 0.15) is 61.8 Å². The first-order chi connectivity index (χ1) is 20.3. The highest BCUT2D eigenvalue weighted by Crippen LogP contribution is 2.41. The number of hydrogen-bond acceptors (Lipinski definition) is 6. The Bertz CT molecular complexity index is 1700. The lowest BCUT2D eigenvalue weighted by molar-refractivity contribution is 0.0160. The van der Waals surface area contributed by atoms with Crippen LogP contribution in [0, 0.1) is 32.5 Å². The van der Waals surface area contributed by atoms with Crippen molar-refractivity contribution in [2.45, 2.75) is 72.6 Å². The molecule has 0 radical (unpaired) electrons. The van der Waals surface area contributed by atoms with E-state index in [1.54, 1.807) is 63.8 Å². The second kappa shape index (κ2) is 10.2. The number of ether oxygens (including phenoxy) is 1. The van der Waals surface area contributed by atoms with E-state index in [2.05, 4.69) is 5.10 Å². The minimum absolute atomic E-state index is 0.162. The molecular weight excluding hydrogens is 552 g/mol. The van der Waals surface area contributed by atoms with Crippen LogP contribution in [-0.2, 0) is 11.2 Å². The molecule has 9 nitrogen and oxygen atoms in total. The van der Waals surface area contributed by atoms with E-state index in [1.807, 2.05) is 47.7 Å². The molecule has 3 aromatic rings. The second-order valence-corrected chi connectivity index (χ2v) is 12.6. The number of benzene rings is 1. The number of fused-ring (bicyclic) bond motifs is 2. The zero-order valence-corrected chi connectivity index (χ0v) is 25.8. The van der Waals surface area contributed by atoms with Gasteiger partial charge in [0.05, 0.1) is 40.8 Å². The lowest BCUT2D eigenvalue weighted by Crippen LogP contribution is -2.42. The molecule has 1 aliphatic carbocycles. The van der Waals surface area contributed by atoms with Gasteiger partial charge < -0.3 is 14.2 Å². The molecule has 0 saturated carbocycles. The molecule has 3 aliphatic rings. The molecular formula is C32H37F2N7O2. The number of amides is 1. The molecule has 0 bridgehead atoms. The van der Waals surface area contributed by atoms with Crippen LogP contribution in [0.15, 0.2) is 41.5 Å². The van der Waals surface area contributed by atoms with Gasteiger partial charge in [0, 0.05) is 37.5 Å². The molecule has 3 atom stereocenters. The minimum Gasteiger partial charge on any atom is -0.444 e. The number of hydrazone groups is 1. The fourth-order valence-corrected chi connectivity index (χ4v) is 6.26. The molecule has 4 heterocycles. The lowest BCUT2D eigenvalue weighted by atomic mass is 9.94. The number of carbonyl (C=O) groups is 1. The number of aromatic nitrogens is 4. The van der Waals surface area contributed by atoms with Gasteiger partial charge in [0.1, 0.15) is 29.3 Å². The van der Waals surface area contributed by atoms with Crippen LogP contribution in [0.5, 0.6) is 0 Å². The minimum atomic E-state index is -0.647. The Morgan fingerprint density at radius 3 is 2.49 bits per heavy atom. The van der Waals surface area contributed by atoms with Crippen molar-refractivity contribution in [2.24, 2.45) is 11.0 Å². The predicted octanol–water partition coefficient (Wildman–Crippen LogP) is 6.28. The zero-order chi connectivity index (χ0) is 31.0. The molecule has 6 rings (SSSR count). The van der Waals surface area contributed by atoms with E-state index in [4.69, 9.17) is 14.8 Å². The smallest absolute Gasteiger partial charge is 0.410 e. The Kier molecular flexibility index (Phi) is 6.82. The Labute approximate surface area is 250 Å². The van der Waals surface area contributed by atoms with Crippen molar-refractivity contribution in [3.8, 4) is 17.1 Å². The summed E-state index contributed by atoms with van der Waals surface area (Å²) in [5, 5.41) is 11.0. The van der Waals surface area contributed by atoms with Crippen LogP contribution >= 0.6 is 0 Å². The molecule has 2 aromatic heterocycles. The van der Waals surface area contributed by atoms with Crippen molar-refractivity contribution in [1.29, 1.82) is 0 Å². The molecule has 0 fully saturated rings. The number of imidazole rings is 1. The summed E-state index contributed by atoms with van der Waals surface area (Å²) in [5.41, 5.74) is 5.07. The largest absolute Gasteiger partial charge is 0.444 e. The molecule has 2 aliphatic heterocycles. The van der Waals surface area contributed by atoms with Gasteiger partial charge in [-0.15, -0.1) is 0 Å². The van der Waals surface area contributed by atoms with E-state index >= 15 is 4.39 Å². The third-order valence-corrected chi connectivity index (χ3v) is 8.45. The maximum atomic E-state index is 15.8. The first kappa shape index (κ1) is 28.8. The van der Waals surface area contributed by atoms with Crippen LogP contribution in [0.25, 0.3) is 22.8 Å². The summed E-state index contributed by atoms with van der Waals surface area (Å²) in [6, 6.07) is 2.97. The van der Waals surface area contributed by atoms with E-state index in [9.17, 15) is 9.18 Å². The number of hydrogen-bond donors (Lipinski definition) is 0. The first-order valence-electron chi connectivity index (χ1n) is 14.5. The van der Waals surface area contributed by atoms with Crippen molar-refractivity contribution in [2.75, 3.05) is 13.6 Å². The number of carbonyl (C=O) groups excluding carboxylic acids is 1. The summed E-state index contributed by atoms with van der Waals surface area (Å²) in [5.74, 6) is -1.02. The van der Waals surface area contributed by atoms with E-state index in [0.717, 1.165) is 11.3 Å². The molecule has 43 heavy (non-hydrogen) atoms. The average Bonchev–Trinajstić information content (AvgIpc) is 3.62. The van der Waals surface area contributed by atoms with Gasteiger partial charge in [0.2, 0.25) is 0 Å². The molecule has 1 aromatic carbocycles. The summed E-state index contributed by atoms with van der Waals surface area (Å²) >= 11 is 0. The predicted molar refractivity (Wildman–Crippen MR) is 161 cm³/mol. The number of likely N-dealkylation sites (N-methyl/N-ethyl adjacent to an activating group) is 1. The van der Waals surface area contributed by atoms with Crippen LogP contribution in [0.2, 0.25) is 0 Å². The molecule has 0 saturated heterocycles. The third-order valence-electron chi connectivity index (χ3n) is 8.45. The van der Waals surface area contributed by atoms with E-state index in [-0.39, 0.29) is 23.7 Å². The molecule has 226 valence electrons. The highest BCUT2D eigenvalue weighted by Gasteiger charge is 2.38. The standard InChI is InChI=1S/C32H37F2N7O2/c1-17-13-21(14-18(2)27(17)33)41-30(26-19(3)39(12-11-23(26)37-41)31(42)43-32(5,6)7)29-20(4)40(16-35-29)25-10-9-24-22(28(25)34)15-36-38(24)8/h9-10,13-16,19,22,24H,11-12H2,1-8H3/t19-,22?,24?/m0/s1. The van der Waals surface area contributed by atoms with Crippen molar-refractivity contribution in [1.82, 2.24) is 29.2 Å². The second-order valence-electron chi connectivity index (χ2n) is 12.6. The molecule has 2 unspecified atom stereocenters. The maximum absolute atomic E-state index is 15.8. The van der Waals surface area contributed by atoms with Gasteiger partial charge in [-0.25, -0.2) is 23.2 Å². The van der Waals surface area contributed by atoms with Gasteiger partial charge in [-0.2, -0.15) is 10.2 Å². The van der Waals surface area contributed by atoms with Crippen LogP contribution < -0.4 is 0 Å². The summed E-state index contributed by atoms with van der Waals surface area (Å²) in [6.07, 6.45) is 7.07. The highest BCUT2D eigenvalue weighted by molar-refractivity contribution is 5.78. The van der Waals surface area contributed by atoms with Gasteiger partial charge >= 0.3 is 6.09 Å². The topological polar surface area (TPSA) is 80.8 Å². The quantitative estimate of drug-likeness (QED) is 0.359. The fourth-order valence-electron chi connectivity index (χ4n) is 6.26. The Morgan fingerprint density at radius 1 is 1.12 bits per heavy atom. The van der Waals surface area contributed by atoms with Crippen LogP contribution in [0.4, 0.5) is 13.6 Å². The van der Waals surface area contributed by atoms with E-state index in [0.29, 0.717) is 52.6 Å². The summed E-state index contributed by atoms with van der Waals surface area (Å²) in [6.45, 7) is 13.3. The Balaban J connectivity index is 1.51. The number of halogens is 2. The lowest BCUT2D eigenvalue weighted by Gasteiger charge is -2.35. The Hall–Kier alpha value is -4.28. The molecule has 0 spiro atoms. The summed E-state index contributed by atoms with van der Waals surface area (Å²) in [4.78, 5) is 19.8. The number of aryl methyl sites for hydroxylation is 2. The molecule has 0 N–H and O–H groups in total. The van der Waals surface area contributed by atoms with Crippen LogP contribution in [-0.4, -0.2) is 66.8 Å². The fraction of sp³-hybridized carbons (Fsp3) is 0.438. The third kappa shape index (κ3) is 4.74.